The van der Waals surface area contributed by atoms with Crippen molar-refractivity contribution in [1.82, 2.24) is 0 Å². The maximum Gasteiger partial charge on any atom is 0.341 e. The number of carbonyl (C=O) groups is 2. The van der Waals surface area contributed by atoms with Crippen LogP contribution >= 0.6 is 7.37 Å². The predicted molar refractivity (Wildman–Crippen MR) is 86.0 cm³/mol. The molecule has 0 aromatic heterocycles. The van der Waals surface area contributed by atoms with E-state index in [-0.39, 0.29) is 36.2 Å². The van der Waals surface area contributed by atoms with Crippen LogP contribution in [0.4, 0.5) is 0 Å². The molecule has 10 nitrogen and oxygen atoms in total. The maximum absolute atomic E-state index is 12.2. The molecule has 1 aromatic carbocycles. The van der Waals surface area contributed by atoms with Gasteiger partial charge in [-0.3, -0.25) is 4.57 Å². The van der Waals surface area contributed by atoms with Crippen LogP contribution in [0, 0.1) is 0 Å². The van der Waals surface area contributed by atoms with Gasteiger partial charge in [-0.05, 0) is 30.7 Å². The van der Waals surface area contributed by atoms with Crippen molar-refractivity contribution in [3.8, 4) is 11.5 Å². The molecule has 0 radical (unpaired) electrons. The number of hydrogen-bond acceptors (Lipinski definition) is 7. The molecule has 11 heteroatoms. The second-order valence-corrected chi connectivity index (χ2v) is 7.51. The Balaban J connectivity index is 3.08. The number of nitrogens with two attached hydrogens (primary N) is 1. The first-order valence-corrected chi connectivity index (χ1v) is 9.11. The van der Waals surface area contributed by atoms with Crippen LogP contribution in [0.15, 0.2) is 18.2 Å². The van der Waals surface area contributed by atoms with Crippen molar-refractivity contribution < 1.29 is 43.8 Å². The Morgan fingerprint density at radius 2 is 1.68 bits per heavy atom. The third kappa shape index (κ3) is 6.71. The highest BCUT2D eigenvalue weighted by molar-refractivity contribution is 7.58. The van der Waals surface area contributed by atoms with Crippen molar-refractivity contribution in [3.63, 3.8) is 0 Å². The molecule has 140 valence electrons. The van der Waals surface area contributed by atoms with Gasteiger partial charge in [0.15, 0.2) is 30.6 Å². The molecule has 0 aliphatic heterocycles. The van der Waals surface area contributed by atoms with Gasteiger partial charge >= 0.3 is 11.9 Å². The Kier molecular flexibility index (Phi) is 7.85. The molecule has 6 N–H and O–H groups in total. The fraction of sp³-hybridized carbons (Fsp3) is 0.429. The van der Waals surface area contributed by atoms with Crippen LogP contribution in [0.5, 0.6) is 11.5 Å². The van der Waals surface area contributed by atoms with Crippen LogP contribution < -0.4 is 15.2 Å². The Labute approximate surface area is 143 Å². The topological polar surface area (TPSA) is 177 Å². The molecule has 2 atom stereocenters. The third-order valence-corrected chi connectivity index (χ3v) is 5.05. The molecule has 2 unspecified atom stereocenters. The molecule has 1 aromatic rings. The van der Waals surface area contributed by atoms with Gasteiger partial charge in [-0.2, -0.15) is 0 Å². The van der Waals surface area contributed by atoms with Crippen molar-refractivity contribution in [1.29, 1.82) is 0 Å². The van der Waals surface area contributed by atoms with Crippen molar-refractivity contribution in [2.75, 3.05) is 25.9 Å². The van der Waals surface area contributed by atoms with Crippen LogP contribution in [-0.4, -0.2) is 58.1 Å². The molecular formula is C14H20NO9P. The van der Waals surface area contributed by atoms with Gasteiger partial charge < -0.3 is 35.4 Å². The summed E-state index contributed by atoms with van der Waals surface area (Å²) in [6.45, 7) is -1.25. The molecule has 0 fully saturated rings. The first-order valence-electron chi connectivity index (χ1n) is 7.20. The highest BCUT2D eigenvalue weighted by Gasteiger charge is 2.30. The number of carboxylic acids is 2. The summed E-state index contributed by atoms with van der Waals surface area (Å²) in [5, 5.41) is 27.4. The molecule has 0 saturated heterocycles. The van der Waals surface area contributed by atoms with E-state index in [0.717, 1.165) is 6.07 Å². The van der Waals surface area contributed by atoms with Crippen LogP contribution in [0.1, 0.15) is 17.8 Å². The molecule has 0 heterocycles. The summed E-state index contributed by atoms with van der Waals surface area (Å²) in [6, 6.07) is 3.62. The summed E-state index contributed by atoms with van der Waals surface area (Å²) >= 11 is 0. The van der Waals surface area contributed by atoms with E-state index < -0.39 is 38.4 Å². The molecule has 0 bridgehead atoms. The summed E-state index contributed by atoms with van der Waals surface area (Å²) in [4.78, 5) is 31.1. The van der Waals surface area contributed by atoms with E-state index in [1.165, 1.54) is 12.1 Å². The number of rotatable bonds is 11. The zero-order valence-corrected chi connectivity index (χ0v) is 14.1. The molecule has 0 aliphatic rings. The highest BCUT2D eigenvalue weighted by atomic mass is 31.2. The van der Waals surface area contributed by atoms with Crippen molar-refractivity contribution in [2.45, 2.75) is 12.3 Å². The number of carboxylic acid groups (broad SMARTS) is 2. The zero-order chi connectivity index (χ0) is 19.0. The van der Waals surface area contributed by atoms with Crippen molar-refractivity contribution in [2.24, 2.45) is 5.73 Å². The maximum atomic E-state index is 12.2. The number of benzene rings is 1. The van der Waals surface area contributed by atoms with E-state index in [1.807, 2.05) is 0 Å². The fourth-order valence-electron chi connectivity index (χ4n) is 1.87. The number of hydrogen-bond donors (Lipinski definition) is 5. The lowest BCUT2D eigenvalue weighted by Crippen LogP contribution is -2.13. The lowest BCUT2D eigenvalue weighted by atomic mass is 10.2. The molecule has 0 saturated carbocycles. The van der Waals surface area contributed by atoms with Crippen LogP contribution in [0.2, 0.25) is 0 Å². The fourth-order valence-corrected chi connectivity index (χ4v) is 3.38. The average Bonchev–Trinajstić information content (AvgIpc) is 2.55. The summed E-state index contributed by atoms with van der Waals surface area (Å²) in [6.07, 6.45) is 0.0558. The van der Waals surface area contributed by atoms with Gasteiger partial charge in [0, 0.05) is 6.16 Å². The van der Waals surface area contributed by atoms with E-state index in [9.17, 15) is 24.2 Å². The van der Waals surface area contributed by atoms with Crippen LogP contribution in [0.25, 0.3) is 0 Å². The molecule has 25 heavy (non-hydrogen) atoms. The van der Waals surface area contributed by atoms with Crippen molar-refractivity contribution in [3.05, 3.63) is 23.8 Å². The third-order valence-electron chi connectivity index (χ3n) is 3.03. The SMILES string of the molecule is NCCCP(=O)(O)C(O)c1ccc(OCC(=O)O)c(OCC(=O)O)c1. The van der Waals surface area contributed by atoms with E-state index in [0.29, 0.717) is 0 Å². The van der Waals surface area contributed by atoms with E-state index in [4.69, 9.17) is 25.4 Å². The number of ether oxygens (including phenoxy) is 2. The van der Waals surface area contributed by atoms with E-state index in [1.54, 1.807) is 0 Å². The minimum atomic E-state index is -3.96. The van der Waals surface area contributed by atoms with Gasteiger partial charge in [-0.1, -0.05) is 6.07 Å². The smallest absolute Gasteiger partial charge is 0.341 e. The largest absolute Gasteiger partial charge is 0.479 e. The normalized spacial score (nSPS) is 14.4. The standard InChI is InChI=1S/C14H20NO9P/c15-4-1-5-25(21,22)14(20)9-2-3-10(23-7-12(16)17)11(6-9)24-8-13(18)19/h2-3,6,14,20H,1,4-5,7-8,15H2,(H,16,17)(H,18,19)(H,21,22). The average molecular weight is 377 g/mol. The number of aliphatic hydroxyl groups excluding tert-OH is 1. The number of aliphatic hydroxyl groups is 1. The summed E-state index contributed by atoms with van der Waals surface area (Å²) in [5.41, 5.74) is 5.30. The van der Waals surface area contributed by atoms with Gasteiger partial charge in [0.25, 0.3) is 0 Å². The highest BCUT2D eigenvalue weighted by Crippen LogP contribution is 2.54. The second-order valence-electron chi connectivity index (χ2n) is 5.07. The molecular weight excluding hydrogens is 357 g/mol. The van der Waals surface area contributed by atoms with Gasteiger partial charge in [0.05, 0.1) is 0 Å². The Morgan fingerprint density at radius 3 is 2.20 bits per heavy atom. The van der Waals surface area contributed by atoms with Crippen LogP contribution in [0.3, 0.4) is 0 Å². The quantitative estimate of drug-likeness (QED) is 0.335. The molecule has 1 rings (SSSR count). The van der Waals surface area contributed by atoms with Crippen molar-refractivity contribution >= 4 is 19.3 Å². The first-order chi connectivity index (χ1) is 11.7. The van der Waals surface area contributed by atoms with Crippen LogP contribution in [-0.2, 0) is 14.2 Å². The molecule has 0 amide bonds. The van der Waals surface area contributed by atoms with Gasteiger partial charge in [-0.15, -0.1) is 0 Å². The van der Waals surface area contributed by atoms with Gasteiger partial charge in [-0.25, -0.2) is 9.59 Å². The van der Waals surface area contributed by atoms with E-state index >= 15 is 0 Å². The second kappa shape index (κ2) is 9.38. The summed E-state index contributed by atoms with van der Waals surface area (Å²) in [7, 11) is -3.96. The summed E-state index contributed by atoms with van der Waals surface area (Å²) in [5.74, 6) is -4.51. The lowest BCUT2D eigenvalue weighted by Gasteiger charge is -2.20. The van der Waals surface area contributed by atoms with Gasteiger partial charge in [0.2, 0.25) is 7.37 Å². The predicted octanol–water partition coefficient (Wildman–Crippen LogP) is 0.223. The monoisotopic (exact) mass is 377 g/mol. The zero-order valence-electron chi connectivity index (χ0n) is 13.2. The first kappa shape index (κ1) is 20.9. The van der Waals surface area contributed by atoms with E-state index in [2.05, 4.69) is 0 Å². The Bertz CT molecular complexity index is 664. The molecule has 0 spiro atoms. The molecule has 0 aliphatic carbocycles. The lowest BCUT2D eigenvalue weighted by molar-refractivity contribution is -0.140. The minimum Gasteiger partial charge on any atom is -0.479 e. The van der Waals surface area contributed by atoms with Gasteiger partial charge in [0.1, 0.15) is 0 Å². The number of aliphatic carboxylic acids is 2. The Morgan fingerprint density at radius 1 is 1.12 bits per heavy atom. The summed E-state index contributed by atoms with van der Waals surface area (Å²) < 4.78 is 22.1. The minimum absolute atomic E-state index is 0.00548. The Hall–Kier alpha value is -2.13.